The van der Waals surface area contributed by atoms with Crippen molar-refractivity contribution in [1.82, 2.24) is 0 Å². The second kappa shape index (κ2) is 9.52. The van der Waals surface area contributed by atoms with Gasteiger partial charge in [-0.25, -0.2) is 0 Å². The molecule has 0 heterocycles. The number of nitriles is 3. The minimum atomic E-state index is -1.15. The summed E-state index contributed by atoms with van der Waals surface area (Å²) in [7, 11) is 0. The highest BCUT2D eigenvalue weighted by atomic mass is 16.3. The van der Waals surface area contributed by atoms with Gasteiger partial charge in [0.25, 0.3) is 0 Å². The van der Waals surface area contributed by atoms with Crippen LogP contribution in [0, 0.1) is 34.0 Å². The molecule has 4 nitrogen and oxygen atoms in total. The number of hydrogen-bond donors (Lipinski definition) is 1. The van der Waals surface area contributed by atoms with Crippen molar-refractivity contribution in [2.75, 3.05) is 0 Å². The highest BCUT2D eigenvalue weighted by molar-refractivity contribution is 4.91. The summed E-state index contributed by atoms with van der Waals surface area (Å²) in [5, 5.41) is 32.4. The molecule has 76 valence electrons. The Labute approximate surface area is 85.0 Å². The van der Waals surface area contributed by atoms with Gasteiger partial charge in [-0.2, -0.15) is 15.8 Å². The van der Waals surface area contributed by atoms with Crippen molar-refractivity contribution < 1.29 is 5.11 Å². The van der Waals surface area contributed by atoms with Crippen molar-refractivity contribution in [3.63, 3.8) is 0 Å². The molecule has 0 saturated carbocycles. The van der Waals surface area contributed by atoms with Crippen LogP contribution in [-0.4, -0.2) is 10.7 Å². The van der Waals surface area contributed by atoms with Crippen LogP contribution in [0.4, 0.5) is 0 Å². The monoisotopic (exact) mass is 193 g/mol. The molecule has 0 aromatic rings. The number of aliphatic hydroxyl groups is 1. The van der Waals surface area contributed by atoms with Gasteiger partial charge in [0.2, 0.25) is 0 Å². The molecule has 0 saturated heterocycles. The van der Waals surface area contributed by atoms with E-state index < -0.39 is 5.60 Å². The van der Waals surface area contributed by atoms with E-state index in [0.717, 1.165) is 12.8 Å². The van der Waals surface area contributed by atoms with Crippen molar-refractivity contribution in [3.8, 4) is 18.2 Å². The third kappa shape index (κ3) is 22.4. The van der Waals surface area contributed by atoms with E-state index in [-0.39, 0.29) is 0 Å². The Bertz CT molecular complexity index is 231. The molecule has 14 heavy (non-hydrogen) atoms. The third-order valence-corrected chi connectivity index (χ3v) is 1.10. The third-order valence-electron chi connectivity index (χ3n) is 1.10. The Kier molecular flexibility index (Phi) is 10.1. The fourth-order valence-corrected chi connectivity index (χ4v) is 0.408. The molecule has 4 heteroatoms. The molecule has 0 spiro atoms. The van der Waals surface area contributed by atoms with E-state index in [9.17, 15) is 0 Å². The van der Waals surface area contributed by atoms with E-state index in [0.29, 0.717) is 12.8 Å². The van der Waals surface area contributed by atoms with E-state index in [4.69, 9.17) is 20.9 Å². The van der Waals surface area contributed by atoms with Crippen LogP contribution >= 0.6 is 0 Å². The number of nitrogens with zero attached hydrogens (tertiary/aromatic N) is 3. The van der Waals surface area contributed by atoms with Crippen molar-refractivity contribution in [2.45, 2.75) is 45.1 Å². The predicted molar refractivity (Wildman–Crippen MR) is 51.6 cm³/mol. The minimum absolute atomic E-state index is 0.585. The molecule has 0 bridgehead atoms. The molecular formula is C10H15N3O. The van der Waals surface area contributed by atoms with E-state index >= 15 is 0 Å². The smallest absolute Gasteiger partial charge is 0.145 e. The van der Waals surface area contributed by atoms with Gasteiger partial charge in [-0.3, -0.25) is 0 Å². The van der Waals surface area contributed by atoms with Crippen LogP contribution in [0.25, 0.3) is 0 Å². The van der Waals surface area contributed by atoms with Gasteiger partial charge >= 0.3 is 0 Å². The van der Waals surface area contributed by atoms with Gasteiger partial charge in [-0.05, 0) is 26.7 Å². The Hall–Kier alpha value is -1.57. The number of rotatable bonds is 3. The van der Waals surface area contributed by atoms with E-state index in [1.54, 1.807) is 6.07 Å². The fourth-order valence-electron chi connectivity index (χ4n) is 0.408. The van der Waals surface area contributed by atoms with Gasteiger partial charge in [-0.1, -0.05) is 0 Å². The zero-order valence-electron chi connectivity index (χ0n) is 8.62. The molecule has 1 N–H and O–H groups in total. The second-order valence-corrected chi connectivity index (χ2v) is 3.19. The first-order valence-electron chi connectivity index (χ1n) is 4.35. The average molecular weight is 193 g/mol. The SMILES string of the molecule is CC(C)(O)C#N.N#CCCCCC#N. The van der Waals surface area contributed by atoms with Crippen LogP contribution in [0.2, 0.25) is 0 Å². The van der Waals surface area contributed by atoms with Crippen molar-refractivity contribution in [2.24, 2.45) is 0 Å². The largest absolute Gasteiger partial charge is 0.376 e. The standard InChI is InChI=1S/C6H8N2.C4H7NO/c7-5-3-1-2-4-6-8;1-4(2,6)3-5/h1-4H2;6H,1-2H3. The normalized spacial score (nSPS) is 8.57. The molecule has 0 radical (unpaired) electrons. The van der Waals surface area contributed by atoms with Crippen molar-refractivity contribution in [3.05, 3.63) is 0 Å². The van der Waals surface area contributed by atoms with Gasteiger partial charge in [0.1, 0.15) is 5.60 Å². The summed E-state index contributed by atoms with van der Waals surface area (Å²) in [6.45, 7) is 2.88. The van der Waals surface area contributed by atoms with Crippen LogP contribution in [0.5, 0.6) is 0 Å². The van der Waals surface area contributed by atoms with Crippen LogP contribution in [-0.2, 0) is 0 Å². The van der Waals surface area contributed by atoms with Gasteiger partial charge in [-0.15, -0.1) is 0 Å². The van der Waals surface area contributed by atoms with Crippen molar-refractivity contribution >= 4 is 0 Å². The fraction of sp³-hybridized carbons (Fsp3) is 0.700. The zero-order valence-corrected chi connectivity index (χ0v) is 8.62. The maximum absolute atomic E-state index is 8.47. The molecule has 0 aromatic heterocycles. The second-order valence-electron chi connectivity index (χ2n) is 3.19. The zero-order chi connectivity index (χ0) is 11.4. The minimum Gasteiger partial charge on any atom is -0.376 e. The lowest BCUT2D eigenvalue weighted by atomic mass is 10.2. The first-order valence-corrected chi connectivity index (χ1v) is 4.35. The molecule has 0 aliphatic rings. The lowest BCUT2D eigenvalue weighted by molar-refractivity contribution is 0.141. The predicted octanol–water partition coefficient (Wildman–Crippen LogP) is 1.87. The molecule has 0 aliphatic heterocycles. The lowest BCUT2D eigenvalue weighted by Crippen LogP contribution is -2.13. The van der Waals surface area contributed by atoms with E-state index in [2.05, 4.69) is 0 Å². The summed E-state index contributed by atoms with van der Waals surface area (Å²) >= 11 is 0. The molecule has 0 amide bonds. The van der Waals surface area contributed by atoms with Gasteiger partial charge in [0, 0.05) is 12.8 Å². The van der Waals surface area contributed by atoms with Crippen LogP contribution in [0.15, 0.2) is 0 Å². The molecule has 0 aliphatic carbocycles. The Balaban J connectivity index is 0. The van der Waals surface area contributed by atoms with Gasteiger partial charge in [0.05, 0.1) is 18.2 Å². The summed E-state index contributed by atoms with van der Waals surface area (Å²) in [5.74, 6) is 0. The highest BCUT2D eigenvalue weighted by Crippen LogP contribution is 1.95. The van der Waals surface area contributed by atoms with Crippen LogP contribution in [0.3, 0.4) is 0 Å². The van der Waals surface area contributed by atoms with E-state index in [1.165, 1.54) is 13.8 Å². The Morgan fingerprint density at radius 1 is 1.00 bits per heavy atom. The first-order chi connectivity index (χ1) is 6.47. The van der Waals surface area contributed by atoms with Crippen LogP contribution < -0.4 is 0 Å². The maximum atomic E-state index is 8.47. The summed E-state index contributed by atoms with van der Waals surface area (Å²) in [5.41, 5.74) is -1.15. The average Bonchev–Trinajstić information content (AvgIpc) is 2.13. The summed E-state index contributed by atoms with van der Waals surface area (Å²) in [4.78, 5) is 0. The summed E-state index contributed by atoms with van der Waals surface area (Å²) in [6.07, 6.45) is 2.90. The van der Waals surface area contributed by atoms with Gasteiger partial charge < -0.3 is 5.11 Å². The lowest BCUT2D eigenvalue weighted by Gasteiger charge is -2.00. The summed E-state index contributed by atoms with van der Waals surface area (Å²) in [6, 6.07) is 5.69. The topological polar surface area (TPSA) is 91.6 Å². The highest BCUT2D eigenvalue weighted by Gasteiger charge is 2.07. The molecule has 0 unspecified atom stereocenters. The van der Waals surface area contributed by atoms with Gasteiger partial charge in [0.15, 0.2) is 0 Å². The molecule has 0 atom stereocenters. The van der Waals surface area contributed by atoms with Crippen LogP contribution in [0.1, 0.15) is 39.5 Å². The molecule has 0 fully saturated rings. The maximum Gasteiger partial charge on any atom is 0.145 e. The van der Waals surface area contributed by atoms with Crippen molar-refractivity contribution in [1.29, 1.82) is 15.8 Å². The molecular weight excluding hydrogens is 178 g/mol. The number of hydrogen-bond acceptors (Lipinski definition) is 4. The van der Waals surface area contributed by atoms with E-state index in [1.807, 2.05) is 12.1 Å². The first kappa shape index (κ1) is 14.9. The quantitative estimate of drug-likeness (QED) is 0.547. The Morgan fingerprint density at radius 2 is 1.29 bits per heavy atom. The molecule has 0 rings (SSSR count). The molecule has 0 aromatic carbocycles. The Morgan fingerprint density at radius 3 is 1.43 bits per heavy atom. The summed E-state index contributed by atoms with van der Waals surface area (Å²) < 4.78 is 0. The number of unbranched alkanes of at least 4 members (excludes halogenated alkanes) is 3.